The second-order valence-electron chi connectivity index (χ2n) is 6.31. The maximum absolute atomic E-state index is 6.26. The molecule has 1 aromatic carbocycles. The SMILES string of the molecule is CN=C(NCCCCN(C)C(C)C)NC(C)c1ccc(Cl)cc1Cl. The Kier molecular flexibility index (Phi) is 9.49. The van der Waals surface area contributed by atoms with Crippen LogP contribution >= 0.6 is 23.2 Å². The summed E-state index contributed by atoms with van der Waals surface area (Å²) in [6.45, 7) is 8.50. The number of rotatable bonds is 8. The summed E-state index contributed by atoms with van der Waals surface area (Å²) in [4.78, 5) is 6.64. The fraction of sp³-hybridized carbons (Fsp3) is 0.611. The number of nitrogens with zero attached hydrogens (tertiary/aromatic N) is 2. The Morgan fingerprint density at radius 2 is 1.92 bits per heavy atom. The number of nitrogens with one attached hydrogen (secondary N) is 2. The fourth-order valence-corrected chi connectivity index (χ4v) is 2.85. The minimum atomic E-state index is 0.0491. The number of aliphatic imine (C=N–C) groups is 1. The number of hydrogen-bond donors (Lipinski definition) is 2. The van der Waals surface area contributed by atoms with Gasteiger partial charge in [0.25, 0.3) is 0 Å². The third-order valence-electron chi connectivity index (χ3n) is 4.12. The molecule has 0 radical (unpaired) electrons. The number of hydrogen-bond acceptors (Lipinski definition) is 2. The Bertz CT molecular complexity index is 532. The molecule has 1 aromatic rings. The predicted molar refractivity (Wildman–Crippen MR) is 106 cm³/mol. The maximum Gasteiger partial charge on any atom is 0.191 e. The molecule has 4 nitrogen and oxygen atoms in total. The third-order valence-corrected chi connectivity index (χ3v) is 4.68. The van der Waals surface area contributed by atoms with Gasteiger partial charge in [-0.25, -0.2) is 0 Å². The summed E-state index contributed by atoms with van der Waals surface area (Å²) in [6, 6.07) is 6.20. The van der Waals surface area contributed by atoms with Crippen LogP contribution in [0.15, 0.2) is 23.2 Å². The molecule has 0 bridgehead atoms. The van der Waals surface area contributed by atoms with Gasteiger partial charge in [0, 0.05) is 29.7 Å². The summed E-state index contributed by atoms with van der Waals surface area (Å²) >= 11 is 12.2. The lowest BCUT2D eigenvalue weighted by Gasteiger charge is -2.21. The molecule has 0 amide bonds. The first-order valence-corrected chi connectivity index (χ1v) is 9.23. The topological polar surface area (TPSA) is 39.7 Å². The third kappa shape index (κ3) is 7.29. The van der Waals surface area contributed by atoms with Crippen molar-refractivity contribution in [3.8, 4) is 0 Å². The number of unbranched alkanes of at least 4 members (excludes halogenated alkanes) is 1. The molecular formula is C18H30Cl2N4. The van der Waals surface area contributed by atoms with Crippen LogP contribution in [0.5, 0.6) is 0 Å². The standard InChI is InChI=1S/C18H30Cl2N4/c1-13(2)24(5)11-7-6-10-22-18(21-4)23-14(3)16-9-8-15(19)12-17(16)20/h8-9,12-14H,6-7,10-11H2,1-5H3,(H2,21,22,23). The van der Waals surface area contributed by atoms with Gasteiger partial charge in [0.15, 0.2) is 5.96 Å². The van der Waals surface area contributed by atoms with E-state index in [-0.39, 0.29) is 6.04 Å². The Morgan fingerprint density at radius 3 is 2.50 bits per heavy atom. The highest BCUT2D eigenvalue weighted by molar-refractivity contribution is 6.35. The lowest BCUT2D eigenvalue weighted by atomic mass is 10.1. The molecule has 24 heavy (non-hydrogen) atoms. The van der Waals surface area contributed by atoms with E-state index in [1.807, 2.05) is 12.1 Å². The van der Waals surface area contributed by atoms with Gasteiger partial charge >= 0.3 is 0 Å². The van der Waals surface area contributed by atoms with Crippen LogP contribution in [0.3, 0.4) is 0 Å². The van der Waals surface area contributed by atoms with Gasteiger partial charge in [-0.3, -0.25) is 4.99 Å². The minimum Gasteiger partial charge on any atom is -0.356 e. The van der Waals surface area contributed by atoms with Crippen molar-refractivity contribution < 1.29 is 0 Å². The normalized spacial score (nSPS) is 13.5. The molecule has 1 unspecified atom stereocenters. The molecule has 2 N–H and O–H groups in total. The Balaban J connectivity index is 2.39. The van der Waals surface area contributed by atoms with Crippen molar-refractivity contribution in [3.63, 3.8) is 0 Å². The summed E-state index contributed by atoms with van der Waals surface area (Å²) in [5.74, 6) is 0.783. The quantitative estimate of drug-likeness (QED) is 0.405. The van der Waals surface area contributed by atoms with Gasteiger partial charge < -0.3 is 15.5 Å². The van der Waals surface area contributed by atoms with Crippen LogP contribution in [0.25, 0.3) is 0 Å². The Morgan fingerprint density at radius 1 is 1.21 bits per heavy atom. The van der Waals surface area contributed by atoms with E-state index in [4.69, 9.17) is 23.2 Å². The lowest BCUT2D eigenvalue weighted by molar-refractivity contribution is 0.268. The highest BCUT2D eigenvalue weighted by Gasteiger charge is 2.11. The van der Waals surface area contributed by atoms with Crippen molar-refractivity contribution in [1.82, 2.24) is 15.5 Å². The molecule has 0 aromatic heterocycles. The molecule has 0 aliphatic carbocycles. The highest BCUT2D eigenvalue weighted by Crippen LogP contribution is 2.25. The first-order chi connectivity index (χ1) is 11.3. The Labute approximate surface area is 156 Å². The molecule has 0 fully saturated rings. The first-order valence-electron chi connectivity index (χ1n) is 8.47. The van der Waals surface area contributed by atoms with Gasteiger partial charge in [-0.1, -0.05) is 29.3 Å². The van der Waals surface area contributed by atoms with Crippen LogP contribution in [0.2, 0.25) is 10.0 Å². The van der Waals surface area contributed by atoms with Crippen molar-refractivity contribution in [2.24, 2.45) is 4.99 Å². The van der Waals surface area contributed by atoms with Crippen molar-refractivity contribution in [2.75, 3.05) is 27.2 Å². The summed E-state index contributed by atoms with van der Waals surface area (Å²) in [6.07, 6.45) is 2.27. The van der Waals surface area contributed by atoms with Crippen LogP contribution in [0, 0.1) is 0 Å². The molecule has 136 valence electrons. The first kappa shape index (κ1) is 21.1. The molecule has 1 atom stereocenters. The molecule has 0 saturated carbocycles. The number of guanidine groups is 1. The summed E-state index contributed by atoms with van der Waals surface area (Å²) < 4.78 is 0. The van der Waals surface area contributed by atoms with E-state index in [0.717, 1.165) is 37.5 Å². The molecule has 0 aliphatic heterocycles. The van der Waals surface area contributed by atoms with Crippen molar-refractivity contribution in [2.45, 2.75) is 45.7 Å². The van der Waals surface area contributed by atoms with Crippen LogP contribution in [-0.2, 0) is 0 Å². The smallest absolute Gasteiger partial charge is 0.191 e. The molecule has 0 aliphatic rings. The van der Waals surface area contributed by atoms with Gasteiger partial charge in [0.1, 0.15) is 0 Å². The molecule has 0 saturated heterocycles. The van der Waals surface area contributed by atoms with E-state index in [1.54, 1.807) is 13.1 Å². The zero-order valence-electron chi connectivity index (χ0n) is 15.4. The van der Waals surface area contributed by atoms with E-state index in [9.17, 15) is 0 Å². The average molecular weight is 373 g/mol. The second kappa shape index (κ2) is 10.8. The van der Waals surface area contributed by atoms with E-state index in [0.29, 0.717) is 16.1 Å². The average Bonchev–Trinajstić information content (AvgIpc) is 2.52. The van der Waals surface area contributed by atoms with Crippen LogP contribution in [-0.4, -0.2) is 44.1 Å². The van der Waals surface area contributed by atoms with Crippen molar-refractivity contribution in [3.05, 3.63) is 33.8 Å². The molecule has 0 heterocycles. The van der Waals surface area contributed by atoms with Gasteiger partial charge in [-0.2, -0.15) is 0 Å². The van der Waals surface area contributed by atoms with E-state index in [1.165, 1.54) is 0 Å². The summed E-state index contributed by atoms with van der Waals surface area (Å²) in [7, 11) is 3.94. The van der Waals surface area contributed by atoms with E-state index in [2.05, 4.69) is 48.3 Å². The van der Waals surface area contributed by atoms with E-state index < -0.39 is 0 Å². The van der Waals surface area contributed by atoms with Crippen LogP contribution < -0.4 is 10.6 Å². The van der Waals surface area contributed by atoms with Gasteiger partial charge in [-0.15, -0.1) is 0 Å². The minimum absolute atomic E-state index is 0.0491. The van der Waals surface area contributed by atoms with Crippen molar-refractivity contribution >= 4 is 29.2 Å². The second-order valence-corrected chi connectivity index (χ2v) is 7.16. The van der Waals surface area contributed by atoms with Gasteiger partial charge in [0.2, 0.25) is 0 Å². The zero-order chi connectivity index (χ0) is 18.1. The predicted octanol–water partition coefficient (Wildman–Crippen LogP) is 4.34. The Hall–Kier alpha value is -0.970. The lowest BCUT2D eigenvalue weighted by Crippen LogP contribution is -2.39. The van der Waals surface area contributed by atoms with Crippen molar-refractivity contribution in [1.29, 1.82) is 0 Å². The highest BCUT2D eigenvalue weighted by atomic mass is 35.5. The van der Waals surface area contributed by atoms with Crippen LogP contribution in [0.4, 0.5) is 0 Å². The number of benzene rings is 1. The molecule has 1 rings (SSSR count). The summed E-state index contributed by atoms with van der Waals surface area (Å²) in [5, 5.41) is 8.02. The van der Waals surface area contributed by atoms with Crippen LogP contribution in [0.1, 0.15) is 45.2 Å². The fourth-order valence-electron chi connectivity index (χ4n) is 2.28. The zero-order valence-corrected chi connectivity index (χ0v) is 16.9. The number of halogens is 2. The molecular weight excluding hydrogens is 343 g/mol. The maximum atomic E-state index is 6.26. The largest absolute Gasteiger partial charge is 0.356 e. The summed E-state index contributed by atoms with van der Waals surface area (Å²) in [5.41, 5.74) is 1.00. The monoisotopic (exact) mass is 372 g/mol. The van der Waals surface area contributed by atoms with Gasteiger partial charge in [-0.05, 0) is 64.9 Å². The molecule has 6 heteroatoms. The van der Waals surface area contributed by atoms with E-state index >= 15 is 0 Å². The van der Waals surface area contributed by atoms with Gasteiger partial charge in [0.05, 0.1) is 6.04 Å². The molecule has 0 spiro atoms.